The van der Waals surface area contributed by atoms with E-state index in [-0.39, 0.29) is 0 Å². The van der Waals surface area contributed by atoms with E-state index in [2.05, 4.69) is 55.1 Å². The van der Waals surface area contributed by atoms with Gasteiger partial charge in [-0.05, 0) is 36.7 Å². The van der Waals surface area contributed by atoms with E-state index in [9.17, 15) is 0 Å². The van der Waals surface area contributed by atoms with Gasteiger partial charge < -0.3 is 5.73 Å². The second kappa shape index (κ2) is 6.39. The van der Waals surface area contributed by atoms with Crippen LogP contribution in [0.3, 0.4) is 0 Å². The predicted molar refractivity (Wildman–Crippen MR) is 81.8 cm³/mol. The Labute approximate surface area is 115 Å². The first-order chi connectivity index (χ1) is 9.17. The summed E-state index contributed by atoms with van der Waals surface area (Å²) >= 11 is 0. The zero-order valence-electron chi connectivity index (χ0n) is 11.8. The van der Waals surface area contributed by atoms with Crippen LogP contribution < -0.4 is 5.73 Å². The average molecular weight is 254 g/mol. The Morgan fingerprint density at radius 3 is 2.26 bits per heavy atom. The van der Waals surface area contributed by atoms with Crippen LogP contribution >= 0.6 is 0 Å². The summed E-state index contributed by atoms with van der Waals surface area (Å²) < 4.78 is 0. The van der Waals surface area contributed by atoms with Crippen molar-refractivity contribution in [1.29, 1.82) is 0 Å². The molecule has 0 unspecified atom stereocenters. The third-order valence-corrected chi connectivity index (χ3v) is 3.33. The second-order valence-corrected chi connectivity index (χ2v) is 5.03. The minimum Gasteiger partial charge on any atom is -0.399 e. The minimum atomic E-state index is 0.837. The molecule has 0 aliphatic rings. The SMILES string of the molecule is CCN(Cc1ccc(C)cc1)Cc1cccc(N)c1. The molecule has 2 aromatic carbocycles. The highest BCUT2D eigenvalue weighted by atomic mass is 15.1. The van der Waals surface area contributed by atoms with Gasteiger partial charge in [-0.2, -0.15) is 0 Å². The fourth-order valence-electron chi connectivity index (χ4n) is 2.18. The first kappa shape index (κ1) is 13.6. The van der Waals surface area contributed by atoms with Gasteiger partial charge in [0, 0.05) is 18.8 Å². The molecular formula is C17H22N2. The van der Waals surface area contributed by atoms with Crippen LogP contribution in [-0.2, 0) is 13.1 Å². The second-order valence-electron chi connectivity index (χ2n) is 5.03. The summed E-state index contributed by atoms with van der Waals surface area (Å²) in [6, 6.07) is 16.9. The maximum Gasteiger partial charge on any atom is 0.0317 e. The van der Waals surface area contributed by atoms with Gasteiger partial charge in [0.25, 0.3) is 0 Å². The van der Waals surface area contributed by atoms with Crippen LogP contribution in [0.2, 0.25) is 0 Å². The van der Waals surface area contributed by atoms with E-state index < -0.39 is 0 Å². The molecular weight excluding hydrogens is 232 g/mol. The van der Waals surface area contributed by atoms with Crippen LogP contribution in [0.4, 0.5) is 5.69 Å². The number of rotatable bonds is 5. The Kier molecular flexibility index (Phi) is 4.58. The molecule has 0 heterocycles. The van der Waals surface area contributed by atoms with E-state index in [1.165, 1.54) is 16.7 Å². The van der Waals surface area contributed by atoms with Crippen LogP contribution in [0.1, 0.15) is 23.6 Å². The maximum atomic E-state index is 5.83. The van der Waals surface area contributed by atoms with Gasteiger partial charge in [0.2, 0.25) is 0 Å². The largest absolute Gasteiger partial charge is 0.399 e. The highest BCUT2D eigenvalue weighted by Gasteiger charge is 2.05. The molecule has 2 aromatic rings. The molecule has 0 spiro atoms. The summed E-state index contributed by atoms with van der Waals surface area (Å²) in [7, 11) is 0. The van der Waals surface area contributed by atoms with Gasteiger partial charge in [-0.1, -0.05) is 48.9 Å². The molecule has 0 saturated heterocycles. The van der Waals surface area contributed by atoms with Crippen molar-refractivity contribution in [1.82, 2.24) is 4.90 Å². The molecule has 0 aliphatic carbocycles. The molecule has 2 N–H and O–H groups in total. The highest BCUT2D eigenvalue weighted by molar-refractivity contribution is 5.40. The molecule has 0 aromatic heterocycles. The number of anilines is 1. The molecule has 0 saturated carbocycles. The first-order valence-electron chi connectivity index (χ1n) is 6.79. The summed E-state index contributed by atoms with van der Waals surface area (Å²) in [5.74, 6) is 0. The van der Waals surface area contributed by atoms with E-state index in [1.807, 2.05) is 12.1 Å². The first-order valence-corrected chi connectivity index (χ1v) is 6.79. The summed E-state index contributed by atoms with van der Waals surface area (Å²) in [5.41, 5.74) is 10.6. The fourth-order valence-corrected chi connectivity index (χ4v) is 2.18. The predicted octanol–water partition coefficient (Wildman–Crippen LogP) is 3.60. The van der Waals surface area contributed by atoms with Gasteiger partial charge in [0.15, 0.2) is 0 Å². The number of aryl methyl sites for hydroxylation is 1. The van der Waals surface area contributed by atoms with Gasteiger partial charge >= 0.3 is 0 Å². The van der Waals surface area contributed by atoms with Crippen molar-refractivity contribution in [3.8, 4) is 0 Å². The summed E-state index contributed by atoms with van der Waals surface area (Å²) in [6.07, 6.45) is 0. The fraction of sp³-hybridized carbons (Fsp3) is 0.294. The van der Waals surface area contributed by atoms with Gasteiger partial charge in [-0.15, -0.1) is 0 Å². The van der Waals surface area contributed by atoms with Crippen molar-refractivity contribution in [3.63, 3.8) is 0 Å². The third-order valence-electron chi connectivity index (χ3n) is 3.33. The van der Waals surface area contributed by atoms with Crippen molar-refractivity contribution in [3.05, 3.63) is 65.2 Å². The van der Waals surface area contributed by atoms with E-state index >= 15 is 0 Å². The topological polar surface area (TPSA) is 29.3 Å². The molecule has 0 atom stereocenters. The Balaban J connectivity index is 2.02. The Hall–Kier alpha value is -1.80. The standard InChI is InChI=1S/C17H22N2/c1-3-19(12-15-9-7-14(2)8-10-15)13-16-5-4-6-17(18)11-16/h4-11H,3,12-13,18H2,1-2H3. The zero-order chi connectivity index (χ0) is 13.7. The molecule has 19 heavy (non-hydrogen) atoms. The molecule has 2 nitrogen and oxygen atoms in total. The van der Waals surface area contributed by atoms with E-state index in [4.69, 9.17) is 5.73 Å². The molecule has 2 rings (SSSR count). The van der Waals surface area contributed by atoms with Crippen LogP contribution in [-0.4, -0.2) is 11.4 Å². The number of hydrogen-bond acceptors (Lipinski definition) is 2. The lowest BCUT2D eigenvalue weighted by Crippen LogP contribution is -2.22. The van der Waals surface area contributed by atoms with Crippen LogP contribution in [0.15, 0.2) is 48.5 Å². The molecule has 0 bridgehead atoms. The van der Waals surface area contributed by atoms with Gasteiger partial charge in [-0.3, -0.25) is 4.90 Å². The Morgan fingerprint density at radius 2 is 1.63 bits per heavy atom. The van der Waals surface area contributed by atoms with Crippen LogP contribution in [0.25, 0.3) is 0 Å². The van der Waals surface area contributed by atoms with E-state index in [0.717, 1.165) is 25.3 Å². The van der Waals surface area contributed by atoms with Gasteiger partial charge in [0.05, 0.1) is 0 Å². The smallest absolute Gasteiger partial charge is 0.0317 e. The van der Waals surface area contributed by atoms with Crippen molar-refractivity contribution >= 4 is 5.69 Å². The molecule has 2 heteroatoms. The average Bonchev–Trinajstić information content (AvgIpc) is 2.40. The third kappa shape index (κ3) is 4.11. The lowest BCUT2D eigenvalue weighted by Gasteiger charge is -2.21. The molecule has 0 aliphatic heterocycles. The number of benzene rings is 2. The lowest BCUT2D eigenvalue weighted by molar-refractivity contribution is 0.271. The van der Waals surface area contributed by atoms with E-state index in [1.54, 1.807) is 0 Å². The summed E-state index contributed by atoms with van der Waals surface area (Å²) in [6.45, 7) is 7.26. The molecule has 100 valence electrons. The quantitative estimate of drug-likeness (QED) is 0.826. The zero-order valence-corrected chi connectivity index (χ0v) is 11.8. The summed E-state index contributed by atoms with van der Waals surface area (Å²) in [5, 5.41) is 0. The van der Waals surface area contributed by atoms with E-state index in [0.29, 0.717) is 0 Å². The van der Waals surface area contributed by atoms with Crippen molar-refractivity contribution in [2.45, 2.75) is 26.9 Å². The van der Waals surface area contributed by atoms with Crippen molar-refractivity contribution in [2.75, 3.05) is 12.3 Å². The number of nitrogens with two attached hydrogens (primary N) is 1. The highest BCUT2D eigenvalue weighted by Crippen LogP contribution is 2.13. The number of nitrogen functional groups attached to an aromatic ring is 1. The normalized spacial score (nSPS) is 10.9. The van der Waals surface area contributed by atoms with Crippen LogP contribution in [0.5, 0.6) is 0 Å². The Bertz CT molecular complexity index is 517. The van der Waals surface area contributed by atoms with Gasteiger partial charge in [0.1, 0.15) is 0 Å². The molecule has 0 radical (unpaired) electrons. The van der Waals surface area contributed by atoms with Crippen molar-refractivity contribution < 1.29 is 0 Å². The molecule has 0 amide bonds. The maximum absolute atomic E-state index is 5.83. The monoisotopic (exact) mass is 254 g/mol. The minimum absolute atomic E-state index is 0.837. The summed E-state index contributed by atoms with van der Waals surface area (Å²) in [4.78, 5) is 2.42. The Morgan fingerprint density at radius 1 is 0.947 bits per heavy atom. The number of nitrogens with zero attached hydrogens (tertiary/aromatic N) is 1. The van der Waals surface area contributed by atoms with Crippen LogP contribution in [0, 0.1) is 6.92 Å². The molecule has 0 fully saturated rings. The van der Waals surface area contributed by atoms with Gasteiger partial charge in [-0.25, -0.2) is 0 Å². The van der Waals surface area contributed by atoms with Crippen molar-refractivity contribution in [2.24, 2.45) is 0 Å². The lowest BCUT2D eigenvalue weighted by atomic mass is 10.1. The number of hydrogen-bond donors (Lipinski definition) is 1.